The summed E-state index contributed by atoms with van der Waals surface area (Å²) in [6, 6.07) is 5.25. The number of nitrogens with zero attached hydrogens (tertiary/aromatic N) is 2. The average molecular weight is 248 g/mol. The summed E-state index contributed by atoms with van der Waals surface area (Å²) in [5.41, 5.74) is 1.63. The SMILES string of the molecule is Cc1ccc(N2CCCC(C=O)C2)cc1[N+](=O)[O-]. The summed E-state index contributed by atoms with van der Waals surface area (Å²) < 4.78 is 0. The highest BCUT2D eigenvalue weighted by Crippen LogP contribution is 2.28. The van der Waals surface area contributed by atoms with E-state index < -0.39 is 0 Å². The van der Waals surface area contributed by atoms with E-state index in [1.54, 1.807) is 19.1 Å². The Morgan fingerprint density at radius 2 is 2.28 bits per heavy atom. The van der Waals surface area contributed by atoms with Gasteiger partial charge in [0.25, 0.3) is 5.69 Å². The van der Waals surface area contributed by atoms with Crippen LogP contribution in [0.15, 0.2) is 18.2 Å². The van der Waals surface area contributed by atoms with Crippen LogP contribution in [0.2, 0.25) is 0 Å². The van der Waals surface area contributed by atoms with Crippen LogP contribution in [-0.2, 0) is 4.79 Å². The molecule has 0 spiro atoms. The number of rotatable bonds is 3. The van der Waals surface area contributed by atoms with Crippen LogP contribution in [0.1, 0.15) is 18.4 Å². The third kappa shape index (κ3) is 2.50. The van der Waals surface area contributed by atoms with E-state index in [0.29, 0.717) is 12.1 Å². The number of aryl methyl sites for hydroxylation is 1. The molecule has 5 nitrogen and oxygen atoms in total. The molecule has 0 saturated carbocycles. The molecular weight excluding hydrogens is 232 g/mol. The minimum Gasteiger partial charge on any atom is -0.371 e. The summed E-state index contributed by atoms with van der Waals surface area (Å²) in [5.74, 6) is 0.0408. The zero-order valence-electron chi connectivity index (χ0n) is 10.3. The molecule has 0 bridgehead atoms. The highest BCUT2D eigenvalue weighted by Gasteiger charge is 2.21. The van der Waals surface area contributed by atoms with Gasteiger partial charge in [-0.1, -0.05) is 6.07 Å². The average Bonchev–Trinajstić information content (AvgIpc) is 2.39. The van der Waals surface area contributed by atoms with Gasteiger partial charge in [-0.05, 0) is 25.8 Å². The Kier molecular flexibility index (Phi) is 3.60. The van der Waals surface area contributed by atoms with E-state index in [4.69, 9.17) is 0 Å². The topological polar surface area (TPSA) is 63.5 Å². The number of nitro benzene ring substituents is 1. The van der Waals surface area contributed by atoms with Crippen molar-refractivity contribution in [1.29, 1.82) is 0 Å². The minimum absolute atomic E-state index is 0.0408. The highest BCUT2D eigenvalue weighted by atomic mass is 16.6. The molecule has 0 N–H and O–H groups in total. The smallest absolute Gasteiger partial charge is 0.274 e. The van der Waals surface area contributed by atoms with Crippen LogP contribution in [-0.4, -0.2) is 24.3 Å². The number of piperidine rings is 1. The van der Waals surface area contributed by atoms with Crippen molar-refractivity contribution in [2.75, 3.05) is 18.0 Å². The molecule has 1 aromatic carbocycles. The highest BCUT2D eigenvalue weighted by molar-refractivity contribution is 5.60. The van der Waals surface area contributed by atoms with E-state index in [1.807, 2.05) is 6.07 Å². The largest absolute Gasteiger partial charge is 0.371 e. The van der Waals surface area contributed by atoms with Gasteiger partial charge < -0.3 is 9.69 Å². The van der Waals surface area contributed by atoms with Crippen LogP contribution in [0.3, 0.4) is 0 Å². The first-order valence-corrected chi connectivity index (χ1v) is 6.07. The Hall–Kier alpha value is -1.91. The lowest BCUT2D eigenvalue weighted by Gasteiger charge is -2.32. The molecule has 96 valence electrons. The first-order valence-electron chi connectivity index (χ1n) is 6.07. The fourth-order valence-electron chi connectivity index (χ4n) is 2.35. The molecule has 5 heteroatoms. The fraction of sp³-hybridized carbons (Fsp3) is 0.462. The van der Waals surface area contributed by atoms with Crippen molar-refractivity contribution < 1.29 is 9.72 Å². The zero-order valence-corrected chi connectivity index (χ0v) is 10.3. The second-order valence-corrected chi connectivity index (χ2v) is 4.71. The molecule has 1 saturated heterocycles. The number of hydrogen-bond acceptors (Lipinski definition) is 4. The summed E-state index contributed by atoms with van der Waals surface area (Å²) in [5, 5.41) is 10.9. The molecule has 1 aliphatic rings. The number of carbonyl (C=O) groups is 1. The van der Waals surface area contributed by atoms with Gasteiger partial charge >= 0.3 is 0 Å². The summed E-state index contributed by atoms with van der Waals surface area (Å²) in [6.07, 6.45) is 2.84. The normalized spacial score (nSPS) is 19.6. The van der Waals surface area contributed by atoms with Crippen LogP contribution in [0.25, 0.3) is 0 Å². The van der Waals surface area contributed by atoms with Gasteiger partial charge in [-0.3, -0.25) is 10.1 Å². The lowest BCUT2D eigenvalue weighted by atomic mass is 9.99. The minimum atomic E-state index is -0.361. The van der Waals surface area contributed by atoms with Gasteiger partial charge in [0, 0.05) is 36.3 Å². The second-order valence-electron chi connectivity index (χ2n) is 4.71. The molecule has 1 aliphatic heterocycles. The number of hydrogen-bond donors (Lipinski definition) is 0. The van der Waals surface area contributed by atoms with Gasteiger partial charge in [0.1, 0.15) is 6.29 Å². The maximum absolute atomic E-state index is 10.9. The van der Waals surface area contributed by atoms with Gasteiger partial charge in [0.05, 0.1) is 4.92 Å². The Morgan fingerprint density at radius 1 is 1.50 bits per heavy atom. The molecule has 0 amide bonds. The first kappa shape index (κ1) is 12.5. The van der Waals surface area contributed by atoms with Crippen LogP contribution in [0.4, 0.5) is 11.4 Å². The Balaban J connectivity index is 2.25. The van der Waals surface area contributed by atoms with Gasteiger partial charge in [-0.2, -0.15) is 0 Å². The summed E-state index contributed by atoms with van der Waals surface area (Å²) >= 11 is 0. The number of aldehydes is 1. The molecule has 0 aliphatic carbocycles. The quantitative estimate of drug-likeness (QED) is 0.468. The number of anilines is 1. The number of nitro groups is 1. The van der Waals surface area contributed by atoms with Crippen molar-refractivity contribution in [3.05, 3.63) is 33.9 Å². The van der Waals surface area contributed by atoms with Crippen LogP contribution in [0.5, 0.6) is 0 Å². The van der Waals surface area contributed by atoms with Crippen LogP contribution in [0, 0.1) is 23.0 Å². The van der Waals surface area contributed by atoms with Crippen molar-refractivity contribution in [3.63, 3.8) is 0 Å². The summed E-state index contributed by atoms with van der Waals surface area (Å²) in [4.78, 5) is 23.4. The van der Waals surface area contributed by atoms with E-state index in [1.165, 1.54) is 0 Å². The molecule has 1 aromatic rings. The maximum atomic E-state index is 10.9. The zero-order chi connectivity index (χ0) is 13.1. The van der Waals surface area contributed by atoms with Crippen molar-refractivity contribution in [3.8, 4) is 0 Å². The van der Waals surface area contributed by atoms with E-state index in [9.17, 15) is 14.9 Å². The summed E-state index contributed by atoms with van der Waals surface area (Å²) in [7, 11) is 0. The van der Waals surface area contributed by atoms with Crippen LogP contribution < -0.4 is 4.90 Å². The van der Waals surface area contributed by atoms with Crippen molar-refractivity contribution in [1.82, 2.24) is 0 Å². The number of benzene rings is 1. The van der Waals surface area contributed by atoms with Gasteiger partial charge in [0.15, 0.2) is 0 Å². The first-order chi connectivity index (χ1) is 8.61. The Labute approximate surface area is 106 Å². The molecule has 1 heterocycles. The molecule has 0 aromatic heterocycles. The number of carbonyl (C=O) groups excluding carboxylic acids is 1. The molecule has 18 heavy (non-hydrogen) atoms. The lowest BCUT2D eigenvalue weighted by Crippen LogP contribution is -2.35. The predicted molar refractivity (Wildman–Crippen MR) is 68.8 cm³/mol. The van der Waals surface area contributed by atoms with Crippen molar-refractivity contribution in [2.45, 2.75) is 19.8 Å². The van der Waals surface area contributed by atoms with E-state index in [0.717, 1.165) is 31.4 Å². The van der Waals surface area contributed by atoms with Crippen molar-refractivity contribution >= 4 is 17.7 Å². The fourth-order valence-corrected chi connectivity index (χ4v) is 2.35. The molecule has 1 fully saturated rings. The Morgan fingerprint density at radius 3 is 2.94 bits per heavy atom. The van der Waals surface area contributed by atoms with Crippen molar-refractivity contribution in [2.24, 2.45) is 5.92 Å². The Bertz CT molecular complexity index is 473. The third-order valence-electron chi connectivity index (χ3n) is 3.40. The van der Waals surface area contributed by atoms with E-state index >= 15 is 0 Å². The molecular formula is C13H16N2O3. The molecule has 1 unspecified atom stereocenters. The molecule has 1 atom stereocenters. The van der Waals surface area contributed by atoms with Gasteiger partial charge in [0.2, 0.25) is 0 Å². The molecule has 0 radical (unpaired) electrons. The van der Waals surface area contributed by atoms with E-state index in [2.05, 4.69) is 4.90 Å². The summed E-state index contributed by atoms with van der Waals surface area (Å²) in [6.45, 7) is 3.24. The molecule has 2 rings (SSSR count). The standard InChI is InChI=1S/C13H16N2O3/c1-10-4-5-12(7-13(10)15(17)18)14-6-2-3-11(8-14)9-16/h4-5,7,9,11H,2-3,6,8H2,1H3. The van der Waals surface area contributed by atoms with Crippen LogP contribution >= 0.6 is 0 Å². The predicted octanol–water partition coefficient (Wildman–Crippen LogP) is 2.32. The van der Waals surface area contributed by atoms with Gasteiger partial charge in [-0.15, -0.1) is 0 Å². The second kappa shape index (κ2) is 5.16. The van der Waals surface area contributed by atoms with E-state index in [-0.39, 0.29) is 16.5 Å². The lowest BCUT2D eigenvalue weighted by molar-refractivity contribution is -0.385. The monoisotopic (exact) mass is 248 g/mol. The third-order valence-corrected chi connectivity index (χ3v) is 3.40. The van der Waals surface area contributed by atoms with Gasteiger partial charge in [-0.25, -0.2) is 0 Å². The maximum Gasteiger partial charge on any atom is 0.274 e.